The quantitative estimate of drug-likeness (QED) is 0.335. The number of nitrogens with zero attached hydrogens (tertiary/aromatic N) is 2. The summed E-state index contributed by atoms with van der Waals surface area (Å²) < 4.78 is 24.6. The topological polar surface area (TPSA) is 89.3 Å². The van der Waals surface area contributed by atoms with Gasteiger partial charge in [-0.05, 0) is 43.4 Å². The molecule has 180 valence electrons. The number of nitriles is 1. The Labute approximate surface area is 200 Å². The van der Waals surface area contributed by atoms with E-state index in [0.29, 0.717) is 22.5 Å². The predicted octanol–water partition coefficient (Wildman–Crippen LogP) is 6.31. The molecule has 2 aromatic rings. The fourth-order valence-electron chi connectivity index (χ4n) is 4.50. The molecule has 34 heavy (non-hydrogen) atoms. The average Bonchev–Trinajstić information content (AvgIpc) is 2.84. The van der Waals surface area contributed by atoms with E-state index in [0.717, 1.165) is 32.1 Å². The van der Waals surface area contributed by atoms with Crippen molar-refractivity contribution in [3.63, 3.8) is 0 Å². The van der Waals surface area contributed by atoms with Crippen LogP contribution < -0.4 is 0 Å². The molecule has 0 atom stereocenters. The minimum absolute atomic E-state index is 0.0419. The summed E-state index contributed by atoms with van der Waals surface area (Å²) in [6.45, 7) is 5.68. The van der Waals surface area contributed by atoms with E-state index in [1.165, 1.54) is 12.1 Å². The molecule has 3 rings (SSSR count). The van der Waals surface area contributed by atoms with Crippen LogP contribution in [-0.2, 0) is 9.47 Å². The molecule has 0 saturated heterocycles. The number of carbonyl (C=O) groups excluding carboxylic acids is 2. The Hall–Kier alpha value is -3.27. The van der Waals surface area contributed by atoms with Gasteiger partial charge in [-0.25, -0.2) is 14.0 Å². The summed E-state index contributed by atoms with van der Waals surface area (Å²) in [6.07, 6.45) is 4.99. The molecule has 7 heteroatoms. The van der Waals surface area contributed by atoms with Gasteiger partial charge in [0.25, 0.3) is 0 Å². The number of halogens is 1. The smallest absolute Gasteiger partial charge is 0.340 e. The van der Waals surface area contributed by atoms with E-state index < -0.39 is 17.8 Å². The molecule has 1 aliphatic carbocycles. The van der Waals surface area contributed by atoms with Crippen LogP contribution in [0.4, 0.5) is 4.39 Å². The molecule has 0 radical (unpaired) electrons. The number of esters is 2. The number of aromatic nitrogens is 1. The van der Waals surface area contributed by atoms with E-state index in [2.05, 4.69) is 0 Å². The summed E-state index contributed by atoms with van der Waals surface area (Å²) in [7, 11) is 0. The first kappa shape index (κ1) is 25.4. The average molecular weight is 467 g/mol. The van der Waals surface area contributed by atoms with Gasteiger partial charge in [-0.2, -0.15) is 5.26 Å². The highest BCUT2D eigenvalue weighted by atomic mass is 19.1. The molecule has 0 spiro atoms. The van der Waals surface area contributed by atoms with E-state index in [1.54, 1.807) is 19.1 Å². The fourth-order valence-corrected chi connectivity index (χ4v) is 4.50. The third-order valence-electron chi connectivity index (χ3n) is 6.06. The van der Waals surface area contributed by atoms with Crippen molar-refractivity contribution < 1.29 is 23.5 Å². The molecule has 0 bridgehead atoms. The third-order valence-corrected chi connectivity index (χ3v) is 6.06. The van der Waals surface area contributed by atoms with Crippen molar-refractivity contribution in [3.05, 3.63) is 52.6 Å². The summed E-state index contributed by atoms with van der Waals surface area (Å²) in [5.41, 5.74) is 2.45. The summed E-state index contributed by atoms with van der Waals surface area (Å²) in [4.78, 5) is 31.6. The zero-order chi connectivity index (χ0) is 24.7. The lowest BCUT2D eigenvalue weighted by Crippen LogP contribution is -2.22. The van der Waals surface area contributed by atoms with Gasteiger partial charge in [0.2, 0.25) is 0 Å². The fraction of sp³-hybridized carbons (Fsp3) is 0.481. The molecular formula is C27H31FN2O4. The standard InChI is InChI=1S/C27H31FN2O4/c1-4-33-26(31)22-21(18-11-13-20(28)14-12-18)23(27(32)34-16-8-15-29)25(30-24(22)17(2)3)19-9-6-5-7-10-19/h11-14,17,19H,4-10,16H2,1-3H3. The SMILES string of the molecule is CCOC(=O)c1c(C(C)C)nc(C2CCCCC2)c(C(=O)OCCC#N)c1-c1ccc(F)cc1. The highest BCUT2D eigenvalue weighted by molar-refractivity contribution is 6.07. The Balaban J connectivity index is 2.37. The maximum atomic E-state index is 13.8. The summed E-state index contributed by atoms with van der Waals surface area (Å²) in [5.74, 6) is -1.72. The van der Waals surface area contributed by atoms with Crippen LogP contribution in [-0.4, -0.2) is 30.1 Å². The molecule has 1 aromatic carbocycles. The number of hydrogen-bond acceptors (Lipinski definition) is 6. The monoisotopic (exact) mass is 466 g/mol. The normalized spacial score (nSPS) is 14.0. The van der Waals surface area contributed by atoms with Gasteiger partial charge in [0.1, 0.15) is 12.4 Å². The Kier molecular flexibility index (Phi) is 8.75. The van der Waals surface area contributed by atoms with Crippen molar-refractivity contribution in [1.29, 1.82) is 5.26 Å². The van der Waals surface area contributed by atoms with Crippen molar-refractivity contribution in [2.45, 2.75) is 71.1 Å². The van der Waals surface area contributed by atoms with Crippen LogP contribution in [0.3, 0.4) is 0 Å². The molecule has 0 aliphatic heterocycles. The summed E-state index contributed by atoms with van der Waals surface area (Å²) in [6, 6.07) is 7.66. The zero-order valence-corrected chi connectivity index (χ0v) is 20.0. The van der Waals surface area contributed by atoms with E-state index in [1.807, 2.05) is 19.9 Å². The predicted molar refractivity (Wildman–Crippen MR) is 126 cm³/mol. The Morgan fingerprint density at radius 1 is 1.09 bits per heavy atom. The molecule has 0 unspecified atom stereocenters. The Bertz CT molecular complexity index is 1070. The van der Waals surface area contributed by atoms with E-state index in [4.69, 9.17) is 19.7 Å². The minimum atomic E-state index is -0.636. The molecule has 0 amide bonds. The summed E-state index contributed by atoms with van der Waals surface area (Å²) >= 11 is 0. The maximum Gasteiger partial charge on any atom is 0.340 e. The van der Waals surface area contributed by atoms with Crippen LogP contribution in [0.1, 0.15) is 103 Å². The van der Waals surface area contributed by atoms with Crippen molar-refractivity contribution >= 4 is 11.9 Å². The van der Waals surface area contributed by atoms with Crippen LogP contribution >= 0.6 is 0 Å². The van der Waals surface area contributed by atoms with E-state index in [9.17, 15) is 14.0 Å². The lowest BCUT2D eigenvalue weighted by atomic mass is 9.81. The van der Waals surface area contributed by atoms with Crippen LogP contribution in [0, 0.1) is 17.1 Å². The van der Waals surface area contributed by atoms with Gasteiger partial charge in [-0.3, -0.25) is 4.98 Å². The van der Waals surface area contributed by atoms with Gasteiger partial charge in [-0.1, -0.05) is 45.2 Å². The van der Waals surface area contributed by atoms with Crippen LogP contribution in [0.5, 0.6) is 0 Å². The molecule has 6 nitrogen and oxygen atoms in total. The maximum absolute atomic E-state index is 13.8. The van der Waals surface area contributed by atoms with Gasteiger partial charge in [-0.15, -0.1) is 0 Å². The lowest BCUT2D eigenvalue weighted by Gasteiger charge is -2.27. The molecule has 1 aliphatic rings. The lowest BCUT2D eigenvalue weighted by molar-refractivity contribution is 0.0511. The largest absolute Gasteiger partial charge is 0.462 e. The highest BCUT2D eigenvalue weighted by Crippen LogP contribution is 2.41. The number of ether oxygens (including phenoxy) is 2. The van der Waals surface area contributed by atoms with Crippen molar-refractivity contribution in [2.75, 3.05) is 13.2 Å². The van der Waals surface area contributed by atoms with Crippen molar-refractivity contribution in [1.82, 2.24) is 4.98 Å². The highest BCUT2D eigenvalue weighted by Gasteiger charge is 2.34. The number of hydrogen-bond donors (Lipinski definition) is 0. The first-order valence-corrected chi connectivity index (χ1v) is 11.9. The first-order chi connectivity index (χ1) is 16.4. The second-order valence-electron chi connectivity index (χ2n) is 8.77. The van der Waals surface area contributed by atoms with Crippen LogP contribution in [0.2, 0.25) is 0 Å². The molecule has 1 aromatic heterocycles. The van der Waals surface area contributed by atoms with Gasteiger partial charge < -0.3 is 9.47 Å². The Morgan fingerprint density at radius 2 is 1.74 bits per heavy atom. The first-order valence-electron chi connectivity index (χ1n) is 11.9. The zero-order valence-electron chi connectivity index (χ0n) is 20.0. The van der Waals surface area contributed by atoms with Gasteiger partial charge >= 0.3 is 11.9 Å². The number of benzene rings is 1. The molecule has 1 saturated carbocycles. The second kappa shape index (κ2) is 11.7. The second-order valence-corrected chi connectivity index (χ2v) is 8.77. The van der Waals surface area contributed by atoms with Crippen LogP contribution in [0.15, 0.2) is 24.3 Å². The van der Waals surface area contributed by atoms with Gasteiger partial charge in [0.05, 0.1) is 41.6 Å². The molecule has 0 N–H and O–H groups in total. The van der Waals surface area contributed by atoms with E-state index >= 15 is 0 Å². The summed E-state index contributed by atoms with van der Waals surface area (Å²) in [5, 5.41) is 8.89. The third kappa shape index (κ3) is 5.61. The number of rotatable bonds is 8. The van der Waals surface area contributed by atoms with Crippen LogP contribution in [0.25, 0.3) is 11.1 Å². The van der Waals surface area contributed by atoms with E-state index in [-0.39, 0.29) is 42.6 Å². The van der Waals surface area contributed by atoms with Gasteiger partial charge in [0, 0.05) is 11.5 Å². The molecule has 1 heterocycles. The molecule has 1 fully saturated rings. The van der Waals surface area contributed by atoms with Crippen molar-refractivity contribution in [2.24, 2.45) is 0 Å². The number of carbonyl (C=O) groups is 2. The van der Waals surface area contributed by atoms with Crippen molar-refractivity contribution in [3.8, 4) is 17.2 Å². The molecular weight excluding hydrogens is 435 g/mol. The van der Waals surface area contributed by atoms with Gasteiger partial charge in [0.15, 0.2) is 0 Å². The minimum Gasteiger partial charge on any atom is -0.462 e. The Morgan fingerprint density at radius 3 is 2.32 bits per heavy atom. The number of pyridine rings is 1.